The zero-order valence-electron chi connectivity index (χ0n) is 6.68. The molecule has 0 radical (unpaired) electrons. The Morgan fingerprint density at radius 2 is 2.10 bits per heavy atom. The monoisotopic (exact) mass is 140 g/mol. The highest BCUT2D eigenvalue weighted by Gasteiger charge is 2.32. The molecule has 2 rings (SSSR count). The summed E-state index contributed by atoms with van der Waals surface area (Å²) in [6.07, 6.45) is 6.15. The lowest BCUT2D eigenvalue weighted by Gasteiger charge is -2.28. The lowest BCUT2D eigenvalue weighted by molar-refractivity contribution is 0.0494. The molecular formula is C9H16O. The van der Waals surface area contributed by atoms with E-state index in [0.717, 1.165) is 18.4 Å². The maximum absolute atomic E-state index is 5.63. The predicted molar refractivity (Wildman–Crippen MR) is 40.9 cm³/mol. The van der Waals surface area contributed by atoms with E-state index in [1.54, 1.807) is 0 Å². The fraction of sp³-hybridized carbons (Fsp3) is 1.00. The maximum Gasteiger partial charge on any atom is 0.0606 e. The maximum atomic E-state index is 5.63. The SMILES string of the molecule is C[C@@H]1CCC2CCOC2C1. The molecule has 0 spiro atoms. The Hall–Kier alpha value is -0.0400. The van der Waals surface area contributed by atoms with Crippen LogP contribution in [0.3, 0.4) is 0 Å². The third-order valence-corrected chi connectivity index (χ3v) is 3.01. The molecule has 1 saturated carbocycles. The lowest BCUT2D eigenvalue weighted by Crippen LogP contribution is -2.24. The molecule has 0 aromatic carbocycles. The summed E-state index contributed by atoms with van der Waals surface area (Å²) in [5, 5.41) is 0. The quantitative estimate of drug-likeness (QED) is 0.501. The van der Waals surface area contributed by atoms with Crippen LogP contribution in [0.5, 0.6) is 0 Å². The summed E-state index contributed by atoms with van der Waals surface area (Å²) in [5.41, 5.74) is 0. The van der Waals surface area contributed by atoms with Crippen molar-refractivity contribution in [2.75, 3.05) is 6.61 Å². The van der Waals surface area contributed by atoms with Crippen LogP contribution in [-0.2, 0) is 4.74 Å². The molecule has 0 bridgehead atoms. The largest absolute Gasteiger partial charge is 0.378 e. The number of rotatable bonds is 0. The lowest BCUT2D eigenvalue weighted by atomic mass is 9.81. The normalized spacial score (nSPS) is 47.1. The van der Waals surface area contributed by atoms with Gasteiger partial charge in [-0.25, -0.2) is 0 Å². The smallest absolute Gasteiger partial charge is 0.0606 e. The molecule has 1 heterocycles. The summed E-state index contributed by atoms with van der Waals surface area (Å²) < 4.78 is 5.63. The standard InChI is InChI=1S/C9H16O/c1-7-2-3-8-4-5-10-9(8)6-7/h7-9H,2-6H2,1H3/t7-,8?,9?/m1/s1. The summed E-state index contributed by atoms with van der Waals surface area (Å²) in [5.74, 6) is 1.84. The van der Waals surface area contributed by atoms with E-state index in [1.165, 1.54) is 25.7 Å². The van der Waals surface area contributed by atoms with Crippen LogP contribution >= 0.6 is 0 Å². The molecule has 2 fully saturated rings. The first-order valence-corrected chi connectivity index (χ1v) is 4.48. The van der Waals surface area contributed by atoms with Crippen molar-refractivity contribution in [3.8, 4) is 0 Å². The summed E-state index contributed by atoms with van der Waals surface area (Å²) >= 11 is 0. The van der Waals surface area contributed by atoms with E-state index < -0.39 is 0 Å². The van der Waals surface area contributed by atoms with Crippen LogP contribution in [0.2, 0.25) is 0 Å². The Morgan fingerprint density at radius 1 is 1.20 bits per heavy atom. The van der Waals surface area contributed by atoms with Crippen LogP contribution in [0.15, 0.2) is 0 Å². The first-order valence-electron chi connectivity index (χ1n) is 4.48. The van der Waals surface area contributed by atoms with Gasteiger partial charge in [-0.15, -0.1) is 0 Å². The molecule has 1 nitrogen and oxygen atoms in total. The van der Waals surface area contributed by atoms with Gasteiger partial charge >= 0.3 is 0 Å². The highest BCUT2D eigenvalue weighted by atomic mass is 16.5. The first kappa shape index (κ1) is 6.66. The van der Waals surface area contributed by atoms with E-state index in [4.69, 9.17) is 4.74 Å². The zero-order valence-corrected chi connectivity index (χ0v) is 6.68. The van der Waals surface area contributed by atoms with E-state index in [9.17, 15) is 0 Å². The highest BCUT2D eigenvalue weighted by molar-refractivity contribution is 4.82. The molecular weight excluding hydrogens is 124 g/mol. The van der Waals surface area contributed by atoms with Crippen LogP contribution in [0, 0.1) is 11.8 Å². The van der Waals surface area contributed by atoms with Crippen molar-refractivity contribution in [2.45, 2.75) is 38.7 Å². The molecule has 0 aromatic heterocycles. The summed E-state index contributed by atoms with van der Waals surface area (Å²) in [4.78, 5) is 0. The van der Waals surface area contributed by atoms with E-state index in [0.29, 0.717) is 6.10 Å². The molecule has 1 saturated heterocycles. The van der Waals surface area contributed by atoms with Crippen molar-refractivity contribution in [1.82, 2.24) is 0 Å². The minimum atomic E-state index is 0.642. The second-order valence-electron chi connectivity index (χ2n) is 3.88. The Labute approximate surface area is 62.8 Å². The van der Waals surface area contributed by atoms with E-state index >= 15 is 0 Å². The number of hydrogen-bond acceptors (Lipinski definition) is 1. The molecule has 58 valence electrons. The molecule has 2 unspecified atom stereocenters. The van der Waals surface area contributed by atoms with Gasteiger partial charge in [-0.05, 0) is 31.1 Å². The zero-order chi connectivity index (χ0) is 6.97. The average Bonchev–Trinajstić information content (AvgIpc) is 2.33. The van der Waals surface area contributed by atoms with Gasteiger partial charge in [0.2, 0.25) is 0 Å². The van der Waals surface area contributed by atoms with Crippen LogP contribution in [0.1, 0.15) is 32.6 Å². The number of ether oxygens (including phenoxy) is 1. The highest BCUT2D eigenvalue weighted by Crippen LogP contribution is 2.36. The molecule has 2 aliphatic rings. The van der Waals surface area contributed by atoms with E-state index in [1.807, 2.05) is 0 Å². The van der Waals surface area contributed by atoms with Crippen molar-refractivity contribution in [1.29, 1.82) is 0 Å². The van der Waals surface area contributed by atoms with Crippen LogP contribution in [0.4, 0.5) is 0 Å². The minimum absolute atomic E-state index is 0.642. The summed E-state index contributed by atoms with van der Waals surface area (Å²) in [7, 11) is 0. The van der Waals surface area contributed by atoms with Gasteiger partial charge in [0.15, 0.2) is 0 Å². The van der Waals surface area contributed by atoms with Crippen LogP contribution in [0.25, 0.3) is 0 Å². The molecule has 1 aliphatic carbocycles. The fourth-order valence-corrected chi connectivity index (χ4v) is 2.30. The Morgan fingerprint density at radius 3 is 3.00 bits per heavy atom. The molecule has 0 N–H and O–H groups in total. The van der Waals surface area contributed by atoms with Crippen LogP contribution in [-0.4, -0.2) is 12.7 Å². The number of hydrogen-bond donors (Lipinski definition) is 0. The molecule has 0 aromatic rings. The fourth-order valence-electron chi connectivity index (χ4n) is 2.30. The van der Waals surface area contributed by atoms with Gasteiger partial charge in [-0.1, -0.05) is 13.3 Å². The van der Waals surface area contributed by atoms with Crippen molar-refractivity contribution in [3.63, 3.8) is 0 Å². The van der Waals surface area contributed by atoms with Gasteiger partial charge in [-0.3, -0.25) is 0 Å². The molecule has 1 heteroatoms. The first-order chi connectivity index (χ1) is 4.86. The van der Waals surface area contributed by atoms with E-state index in [2.05, 4.69) is 6.92 Å². The topological polar surface area (TPSA) is 9.23 Å². The molecule has 0 amide bonds. The van der Waals surface area contributed by atoms with E-state index in [-0.39, 0.29) is 0 Å². The van der Waals surface area contributed by atoms with Crippen molar-refractivity contribution in [2.24, 2.45) is 11.8 Å². The average molecular weight is 140 g/mol. The van der Waals surface area contributed by atoms with Gasteiger partial charge in [-0.2, -0.15) is 0 Å². The van der Waals surface area contributed by atoms with Gasteiger partial charge < -0.3 is 4.74 Å². The van der Waals surface area contributed by atoms with Gasteiger partial charge in [0.1, 0.15) is 0 Å². The van der Waals surface area contributed by atoms with Gasteiger partial charge in [0.05, 0.1) is 6.10 Å². The third-order valence-electron chi connectivity index (χ3n) is 3.01. The second kappa shape index (κ2) is 2.54. The van der Waals surface area contributed by atoms with Crippen LogP contribution < -0.4 is 0 Å². The third kappa shape index (κ3) is 1.07. The van der Waals surface area contributed by atoms with Crippen molar-refractivity contribution >= 4 is 0 Å². The van der Waals surface area contributed by atoms with Gasteiger partial charge in [0.25, 0.3) is 0 Å². The van der Waals surface area contributed by atoms with Crippen molar-refractivity contribution < 1.29 is 4.74 Å². The Bertz CT molecular complexity index is 122. The predicted octanol–water partition coefficient (Wildman–Crippen LogP) is 2.21. The molecule has 3 atom stereocenters. The Kier molecular flexibility index (Phi) is 1.69. The van der Waals surface area contributed by atoms with Crippen molar-refractivity contribution in [3.05, 3.63) is 0 Å². The van der Waals surface area contributed by atoms with Gasteiger partial charge in [0, 0.05) is 6.61 Å². The number of fused-ring (bicyclic) bond motifs is 1. The minimum Gasteiger partial charge on any atom is -0.378 e. The Balaban J connectivity index is 1.96. The summed E-state index contributed by atoms with van der Waals surface area (Å²) in [6.45, 7) is 3.37. The second-order valence-corrected chi connectivity index (χ2v) is 3.88. The molecule has 1 aliphatic heterocycles. The molecule has 10 heavy (non-hydrogen) atoms. The summed E-state index contributed by atoms with van der Waals surface area (Å²) in [6, 6.07) is 0.